The fourth-order valence-electron chi connectivity index (χ4n) is 2.62. The molecule has 0 aliphatic carbocycles. The highest BCUT2D eigenvalue weighted by atomic mass is 16.2. The zero-order chi connectivity index (χ0) is 18.0. The van der Waals surface area contributed by atoms with Crippen LogP contribution in [0, 0.1) is 13.8 Å². The third kappa shape index (κ3) is 3.65. The second-order valence-corrected chi connectivity index (χ2v) is 5.93. The molecule has 25 heavy (non-hydrogen) atoms. The first-order chi connectivity index (χ1) is 11.9. The largest absolute Gasteiger partial charge is 0.344 e. The lowest BCUT2D eigenvalue weighted by molar-refractivity contribution is 0.0933. The molecule has 0 spiro atoms. The molecule has 0 radical (unpaired) electrons. The summed E-state index contributed by atoms with van der Waals surface area (Å²) in [6.07, 6.45) is 0. The second-order valence-electron chi connectivity index (χ2n) is 5.93. The van der Waals surface area contributed by atoms with Gasteiger partial charge in [-0.2, -0.15) is 10.2 Å². The molecule has 2 heterocycles. The van der Waals surface area contributed by atoms with Crippen LogP contribution in [0.15, 0.2) is 47.3 Å². The molecule has 0 bridgehead atoms. The van der Waals surface area contributed by atoms with Crippen LogP contribution in [-0.4, -0.2) is 25.9 Å². The first-order valence-electron chi connectivity index (χ1n) is 7.94. The number of aromatic amines is 1. The quantitative estimate of drug-likeness (QED) is 0.762. The Morgan fingerprint density at radius 2 is 1.88 bits per heavy atom. The Kier molecular flexibility index (Phi) is 4.47. The van der Waals surface area contributed by atoms with Gasteiger partial charge in [0.1, 0.15) is 5.69 Å². The summed E-state index contributed by atoms with van der Waals surface area (Å²) >= 11 is 0. The smallest absolute Gasteiger partial charge is 0.272 e. The summed E-state index contributed by atoms with van der Waals surface area (Å²) in [6.45, 7) is 5.86. The van der Waals surface area contributed by atoms with E-state index in [-0.39, 0.29) is 23.2 Å². The Labute approximate surface area is 144 Å². The highest BCUT2D eigenvalue weighted by molar-refractivity contribution is 5.92. The molecule has 0 fully saturated rings. The second kappa shape index (κ2) is 6.72. The van der Waals surface area contributed by atoms with Crippen molar-refractivity contribution in [3.63, 3.8) is 0 Å². The van der Waals surface area contributed by atoms with Gasteiger partial charge in [-0.25, -0.2) is 9.78 Å². The lowest BCUT2D eigenvalue weighted by atomic mass is 10.1. The predicted molar refractivity (Wildman–Crippen MR) is 93.8 cm³/mol. The van der Waals surface area contributed by atoms with Gasteiger partial charge in [0.2, 0.25) is 0 Å². The molecule has 0 saturated carbocycles. The van der Waals surface area contributed by atoms with Crippen LogP contribution < -0.4 is 10.9 Å². The fourth-order valence-corrected chi connectivity index (χ4v) is 2.62. The van der Waals surface area contributed by atoms with Crippen LogP contribution in [0.4, 0.5) is 0 Å². The third-order valence-electron chi connectivity index (χ3n) is 3.91. The lowest BCUT2D eigenvalue weighted by Gasteiger charge is -2.14. The molecule has 2 N–H and O–H groups in total. The summed E-state index contributed by atoms with van der Waals surface area (Å²) in [5, 5.41) is 13.3. The minimum Gasteiger partial charge on any atom is -0.344 e. The summed E-state index contributed by atoms with van der Waals surface area (Å²) in [4.78, 5) is 23.2. The maximum atomic E-state index is 12.2. The van der Waals surface area contributed by atoms with Crippen molar-refractivity contribution in [3.8, 4) is 5.69 Å². The van der Waals surface area contributed by atoms with Gasteiger partial charge < -0.3 is 5.32 Å². The Hall–Kier alpha value is -3.22. The number of aryl methyl sites for hydroxylation is 2. The molecule has 0 aliphatic heterocycles. The standard InChI is InChI=1S/C18H19N5O2/c1-11-10-12(2)23(22-11)15-6-4-14(5-7-15)13(3)19-18(25)16-8-9-17(24)21-20-16/h4-10,13H,1-3H3,(H,19,25)(H,21,24)/t13-/m1/s1. The monoisotopic (exact) mass is 337 g/mol. The van der Waals surface area contributed by atoms with Gasteiger partial charge in [-0.05, 0) is 50.6 Å². The van der Waals surface area contributed by atoms with Gasteiger partial charge in [-0.3, -0.25) is 9.59 Å². The van der Waals surface area contributed by atoms with E-state index in [2.05, 4.69) is 20.6 Å². The first-order valence-corrected chi connectivity index (χ1v) is 7.94. The number of carbonyl (C=O) groups is 1. The summed E-state index contributed by atoms with van der Waals surface area (Å²) in [5.74, 6) is -0.341. The SMILES string of the molecule is Cc1cc(C)n(-c2ccc([C@@H](C)NC(=O)c3ccc(=O)[nH]n3)cc2)n1. The van der Waals surface area contributed by atoms with E-state index in [0.717, 1.165) is 22.6 Å². The lowest BCUT2D eigenvalue weighted by Crippen LogP contribution is -2.28. The van der Waals surface area contributed by atoms with Crippen LogP contribution in [0.25, 0.3) is 5.69 Å². The van der Waals surface area contributed by atoms with Crippen molar-refractivity contribution in [1.82, 2.24) is 25.3 Å². The summed E-state index contributed by atoms with van der Waals surface area (Å²) in [5.41, 5.74) is 3.79. The highest BCUT2D eigenvalue weighted by Crippen LogP contribution is 2.17. The number of nitrogens with zero attached hydrogens (tertiary/aromatic N) is 3. The molecule has 2 aromatic heterocycles. The third-order valence-corrected chi connectivity index (χ3v) is 3.91. The first kappa shape index (κ1) is 16.6. The molecule has 7 nitrogen and oxygen atoms in total. The van der Waals surface area contributed by atoms with Crippen molar-refractivity contribution in [2.45, 2.75) is 26.8 Å². The van der Waals surface area contributed by atoms with E-state index in [4.69, 9.17) is 0 Å². The molecule has 128 valence electrons. The van der Waals surface area contributed by atoms with E-state index in [0.29, 0.717) is 0 Å². The van der Waals surface area contributed by atoms with E-state index in [1.165, 1.54) is 12.1 Å². The molecule has 0 unspecified atom stereocenters. The van der Waals surface area contributed by atoms with Crippen LogP contribution >= 0.6 is 0 Å². The molecule has 3 aromatic rings. The average Bonchev–Trinajstić information content (AvgIpc) is 2.94. The average molecular weight is 337 g/mol. The number of aromatic nitrogens is 4. The number of hydrogen-bond acceptors (Lipinski definition) is 4. The highest BCUT2D eigenvalue weighted by Gasteiger charge is 2.13. The fraction of sp³-hybridized carbons (Fsp3) is 0.222. The van der Waals surface area contributed by atoms with E-state index >= 15 is 0 Å². The molecule has 1 aromatic carbocycles. The maximum absolute atomic E-state index is 12.2. The number of amides is 1. The van der Waals surface area contributed by atoms with Crippen LogP contribution in [0.1, 0.15) is 40.4 Å². The van der Waals surface area contributed by atoms with Gasteiger partial charge in [0.05, 0.1) is 17.4 Å². The Morgan fingerprint density at radius 3 is 2.44 bits per heavy atom. The molecular formula is C18H19N5O2. The van der Waals surface area contributed by atoms with Crippen molar-refractivity contribution in [1.29, 1.82) is 0 Å². The molecule has 1 atom stereocenters. The molecule has 1 amide bonds. The zero-order valence-electron chi connectivity index (χ0n) is 14.3. The Morgan fingerprint density at radius 1 is 1.16 bits per heavy atom. The minimum absolute atomic E-state index is 0.172. The van der Waals surface area contributed by atoms with Crippen LogP contribution in [0.3, 0.4) is 0 Å². The molecule has 0 aliphatic rings. The number of hydrogen-bond donors (Lipinski definition) is 2. The van der Waals surface area contributed by atoms with Crippen molar-refractivity contribution >= 4 is 5.91 Å². The molecule has 3 rings (SSSR count). The van der Waals surface area contributed by atoms with E-state index < -0.39 is 0 Å². The van der Waals surface area contributed by atoms with Crippen molar-refractivity contribution in [3.05, 3.63) is 75.5 Å². The van der Waals surface area contributed by atoms with Gasteiger partial charge in [0.15, 0.2) is 0 Å². The summed E-state index contributed by atoms with van der Waals surface area (Å²) < 4.78 is 1.88. The minimum atomic E-state index is -0.343. The Bertz CT molecular complexity index is 936. The number of rotatable bonds is 4. The van der Waals surface area contributed by atoms with Crippen LogP contribution in [0.2, 0.25) is 0 Å². The van der Waals surface area contributed by atoms with Crippen LogP contribution in [0.5, 0.6) is 0 Å². The topological polar surface area (TPSA) is 92.7 Å². The predicted octanol–water partition coefficient (Wildman–Crippen LogP) is 2.06. The molecular weight excluding hydrogens is 318 g/mol. The van der Waals surface area contributed by atoms with Crippen molar-refractivity contribution in [2.24, 2.45) is 0 Å². The van der Waals surface area contributed by atoms with Gasteiger partial charge in [-0.15, -0.1) is 0 Å². The van der Waals surface area contributed by atoms with E-state index in [9.17, 15) is 9.59 Å². The van der Waals surface area contributed by atoms with Crippen molar-refractivity contribution < 1.29 is 4.79 Å². The van der Waals surface area contributed by atoms with Gasteiger partial charge >= 0.3 is 0 Å². The summed E-state index contributed by atoms with van der Waals surface area (Å²) in [7, 11) is 0. The summed E-state index contributed by atoms with van der Waals surface area (Å²) in [6, 6.07) is 12.3. The number of nitrogens with one attached hydrogen (secondary N) is 2. The van der Waals surface area contributed by atoms with E-state index in [1.807, 2.05) is 55.8 Å². The number of H-pyrrole nitrogens is 1. The maximum Gasteiger partial charge on any atom is 0.272 e. The van der Waals surface area contributed by atoms with E-state index in [1.54, 1.807) is 0 Å². The Balaban J connectivity index is 1.73. The van der Waals surface area contributed by atoms with Crippen molar-refractivity contribution in [2.75, 3.05) is 0 Å². The van der Waals surface area contributed by atoms with Gasteiger partial charge in [-0.1, -0.05) is 12.1 Å². The number of carbonyl (C=O) groups excluding carboxylic acids is 1. The normalized spacial score (nSPS) is 12.0. The van der Waals surface area contributed by atoms with Gasteiger partial charge in [0.25, 0.3) is 11.5 Å². The zero-order valence-corrected chi connectivity index (χ0v) is 14.3. The van der Waals surface area contributed by atoms with Crippen LogP contribution in [-0.2, 0) is 0 Å². The van der Waals surface area contributed by atoms with Gasteiger partial charge in [0, 0.05) is 11.8 Å². The number of benzene rings is 1. The molecule has 0 saturated heterocycles. The molecule has 7 heteroatoms.